The molecule has 0 aliphatic carbocycles. The van der Waals surface area contributed by atoms with Crippen molar-refractivity contribution in [2.75, 3.05) is 6.54 Å². The summed E-state index contributed by atoms with van der Waals surface area (Å²) in [6, 6.07) is 4.18. The van der Waals surface area contributed by atoms with E-state index in [1.54, 1.807) is 12.4 Å². The van der Waals surface area contributed by atoms with Crippen LogP contribution in [0.3, 0.4) is 0 Å². The van der Waals surface area contributed by atoms with E-state index < -0.39 is 11.5 Å². The maximum atomic E-state index is 11.5. The zero-order valence-corrected chi connectivity index (χ0v) is 15.3. The predicted octanol–water partition coefficient (Wildman–Crippen LogP) is 4.09. The van der Waals surface area contributed by atoms with Crippen molar-refractivity contribution in [2.24, 2.45) is 10.8 Å². The van der Waals surface area contributed by atoms with Gasteiger partial charge in [-0.25, -0.2) is 4.79 Å². The van der Waals surface area contributed by atoms with E-state index in [0.29, 0.717) is 25.8 Å². The number of hydrogen-bond donors (Lipinski definition) is 1. The highest BCUT2D eigenvalue weighted by Gasteiger charge is 2.46. The van der Waals surface area contributed by atoms with Crippen molar-refractivity contribution < 1.29 is 9.90 Å². The standard InChI is InChI=1S/C17H22BrN3O2/c1-16(2,3)14-9-17(11-19,5-7-21(14)15(22)23)8-12-10-20-6-4-13(12)18/h4,6,10,14H,5,7-9H2,1-3H3,(H,22,23). The number of carboxylic acid groups (broad SMARTS) is 1. The number of likely N-dealkylation sites (tertiary alicyclic amines) is 1. The van der Waals surface area contributed by atoms with Crippen LogP contribution in [0.4, 0.5) is 4.79 Å². The molecule has 1 aliphatic heterocycles. The van der Waals surface area contributed by atoms with Gasteiger partial charge < -0.3 is 10.0 Å². The molecule has 2 atom stereocenters. The summed E-state index contributed by atoms with van der Waals surface area (Å²) in [6.45, 7) is 6.48. The Bertz CT molecular complexity index is 635. The summed E-state index contributed by atoms with van der Waals surface area (Å²) < 4.78 is 0.940. The van der Waals surface area contributed by atoms with Crippen LogP contribution < -0.4 is 0 Å². The first-order valence-corrected chi connectivity index (χ1v) is 8.47. The summed E-state index contributed by atoms with van der Waals surface area (Å²) in [5.41, 5.74) is 0.216. The van der Waals surface area contributed by atoms with Gasteiger partial charge in [0.1, 0.15) is 0 Å². The number of halogens is 1. The monoisotopic (exact) mass is 379 g/mol. The summed E-state index contributed by atoms with van der Waals surface area (Å²) in [4.78, 5) is 17.2. The van der Waals surface area contributed by atoms with Gasteiger partial charge in [-0.15, -0.1) is 0 Å². The molecule has 23 heavy (non-hydrogen) atoms. The van der Waals surface area contributed by atoms with E-state index in [1.165, 1.54) is 4.90 Å². The molecule has 2 heterocycles. The van der Waals surface area contributed by atoms with E-state index in [0.717, 1.165) is 10.0 Å². The molecule has 1 N–H and O–H groups in total. The molecule has 1 aromatic heterocycles. The van der Waals surface area contributed by atoms with Gasteiger partial charge in [-0.2, -0.15) is 5.26 Å². The minimum atomic E-state index is -0.904. The van der Waals surface area contributed by atoms with Crippen molar-refractivity contribution in [1.29, 1.82) is 5.26 Å². The van der Waals surface area contributed by atoms with Crippen molar-refractivity contribution in [3.05, 3.63) is 28.5 Å². The highest BCUT2D eigenvalue weighted by molar-refractivity contribution is 9.10. The Balaban J connectivity index is 2.32. The number of nitriles is 1. The number of pyridine rings is 1. The van der Waals surface area contributed by atoms with Crippen LogP contribution in [0.2, 0.25) is 0 Å². The molecule has 2 unspecified atom stereocenters. The third-order valence-corrected chi connectivity index (χ3v) is 5.42. The van der Waals surface area contributed by atoms with Crippen molar-refractivity contribution >= 4 is 22.0 Å². The van der Waals surface area contributed by atoms with Crippen LogP contribution >= 0.6 is 15.9 Å². The Morgan fingerprint density at radius 3 is 2.83 bits per heavy atom. The molecule has 0 aromatic carbocycles. The van der Waals surface area contributed by atoms with Crippen LogP contribution in [0.25, 0.3) is 0 Å². The molecule has 1 aliphatic rings. The zero-order valence-electron chi connectivity index (χ0n) is 13.7. The van der Waals surface area contributed by atoms with Crippen molar-refractivity contribution in [3.8, 4) is 6.07 Å². The molecule has 1 aromatic rings. The third kappa shape index (κ3) is 3.84. The quantitative estimate of drug-likeness (QED) is 0.839. The number of amides is 1. The smallest absolute Gasteiger partial charge is 0.407 e. The van der Waals surface area contributed by atoms with Gasteiger partial charge in [-0.1, -0.05) is 36.7 Å². The summed E-state index contributed by atoms with van der Waals surface area (Å²) >= 11 is 3.51. The molecular weight excluding hydrogens is 358 g/mol. The Morgan fingerprint density at radius 2 is 2.30 bits per heavy atom. The number of aromatic nitrogens is 1. The normalized spacial score (nSPS) is 25.0. The van der Waals surface area contributed by atoms with Crippen LogP contribution in [0.5, 0.6) is 0 Å². The average Bonchev–Trinajstić information content (AvgIpc) is 2.48. The minimum absolute atomic E-state index is 0.177. The highest BCUT2D eigenvalue weighted by Crippen LogP contribution is 2.43. The first-order valence-electron chi connectivity index (χ1n) is 7.68. The minimum Gasteiger partial charge on any atom is -0.465 e. The van der Waals surface area contributed by atoms with Crippen molar-refractivity contribution in [2.45, 2.75) is 46.1 Å². The van der Waals surface area contributed by atoms with Gasteiger partial charge in [0.2, 0.25) is 0 Å². The maximum absolute atomic E-state index is 11.5. The van der Waals surface area contributed by atoms with Gasteiger partial charge in [0, 0.05) is 29.5 Å². The largest absolute Gasteiger partial charge is 0.465 e. The topological polar surface area (TPSA) is 77.2 Å². The molecule has 0 radical (unpaired) electrons. The molecule has 0 saturated carbocycles. The second-order valence-electron chi connectivity index (χ2n) is 7.35. The second kappa shape index (κ2) is 6.48. The van der Waals surface area contributed by atoms with Gasteiger partial charge in [-0.05, 0) is 36.3 Å². The molecule has 6 heteroatoms. The molecule has 0 bridgehead atoms. The molecular formula is C17H22BrN3O2. The van der Waals surface area contributed by atoms with E-state index in [2.05, 4.69) is 27.0 Å². The fraction of sp³-hybridized carbons (Fsp3) is 0.588. The molecule has 1 saturated heterocycles. The Kier molecular flexibility index (Phi) is 5.00. The lowest BCUT2D eigenvalue weighted by Gasteiger charge is -2.47. The second-order valence-corrected chi connectivity index (χ2v) is 8.20. The van der Waals surface area contributed by atoms with E-state index in [-0.39, 0.29) is 11.5 Å². The summed E-state index contributed by atoms with van der Waals surface area (Å²) in [5.74, 6) is 0. The van der Waals surface area contributed by atoms with Gasteiger partial charge >= 0.3 is 6.09 Å². The first kappa shape index (κ1) is 17.7. The third-order valence-electron chi connectivity index (χ3n) is 4.65. The van der Waals surface area contributed by atoms with E-state index in [4.69, 9.17) is 0 Å². The molecule has 1 fully saturated rings. The van der Waals surface area contributed by atoms with E-state index in [9.17, 15) is 15.2 Å². The lowest BCUT2D eigenvalue weighted by Crippen LogP contribution is -2.54. The van der Waals surface area contributed by atoms with Crippen LogP contribution in [0.1, 0.15) is 39.2 Å². The lowest BCUT2D eigenvalue weighted by atomic mass is 9.67. The summed E-state index contributed by atoms with van der Waals surface area (Å²) in [7, 11) is 0. The lowest BCUT2D eigenvalue weighted by molar-refractivity contribution is 0.0227. The van der Waals surface area contributed by atoms with Gasteiger partial charge in [-0.3, -0.25) is 4.98 Å². The zero-order chi connectivity index (χ0) is 17.3. The summed E-state index contributed by atoms with van der Waals surface area (Å²) in [5, 5.41) is 19.3. The summed E-state index contributed by atoms with van der Waals surface area (Å²) in [6.07, 6.45) is 4.25. The Labute approximate surface area is 145 Å². The number of carbonyl (C=O) groups is 1. The number of hydrogen-bond acceptors (Lipinski definition) is 3. The molecule has 1 amide bonds. The van der Waals surface area contributed by atoms with Crippen molar-refractivity contribution in [1.82, 2.24) is 9.88 Å². The van der Waals surface area contributed by atoms with Crippen LogP contribution in [-0.2, 0) is 6.42 Å². The first-order chi connectivity index (χ1) is 10.7. The Morgan fingerprint density at radius 1 is 1.61 bits per heavy atom. The van der Waals surface area contributed by atoms with Crippen LogP contribution in [-0.4, -0.2) is 33.7 Å². The molecule has 2 rings (SSSR count). The SMILES string of the molecule is CC(C)(C)C1CC(C#N)(Cc2cnccc2Br)CCN1C(=O)O. The van der Waals surface area contributed by atoms with E-state index in [1.807, 2.05) is 26.8 Å². The fourth-order valence-electron chi connectivity index (χ4n) is 3.28. The van der Waals surface area contributed by atoms with E-state index >= 15 is 0 Å². The van der Waals surface area contributed by atoms with Gasteiger partial charge in [0.05, 0.1) is 11.5 Å². The van der Waals surface area contributed by atoms with Gasteiger partial charge in [0.15, 0.2) is 0 Å². The van der Waals surface area contributed by atoms with Crippen molar-refractivity contribution in [3.63, 3.8) is 0 Å². The molecule has 5 nitrogen and oxygen atoms in total. The van der Waals surface area contributed by atoms with Gasteiger partial charge in [0.25, 0.3) is 0 Å². The Hall–Kier alpha value is -1.61. The van der Waals surface area contributed by atoms with Crippen LogP contribution in [0, 0.1) is 22.2 Å². The average molecular weight is 380 g/mol. The highest BCUT2D eigenvalue weighted by atomic mass is 79.9. The number of nitrogens with zero attached hydrogens (tertiary/aromatic N) is 3. The number of rotatable bonds is 2. The molecule has 124 valence electrons. The maximum Gasteiger partial charge on any atom is 0.407 e. The predicted molar refractivity (Wildman–Crippen MR) is 90.9 cm³/mol. The fourth-order valence-corrected chi connectivity index (χ4v) is 3.64. The van der Waals surface area contributed by atoms with Crippen LogP contribution in [0.15, 0.2) is 22.9 Å². The number of piperidine rings is 1. The molecule has 0 spiro atoms.